The van der Waals surface area contributed by atoms with Crippen LogP contribution in [0.15, 0.2) is 45.3 Å². The zero-order valence-corrected chi connectivity index (χ0v) is 14.5. The van der Waals surface area contributed by atoms with Crippen LogP contribution in [0.5, 0.6) is 0 Å². The molecule has 3 nitrogen and oxygen atoms in total. The van der Waals surface area contributed by atoms with Gasteiger partial charge in [0.05, 0.1) is 6.54 Å². The van der Waals surface area contributed by atoms with Gasteiger partial charge in [-0.1, -0.05) is 28.1 Å². The monoisotopic (exact) mass is 350 g/mol. The van der Waals surface area contributed by atoms with E-state index in [4.69, 9.17) is 10.2 Å². The molecule has 0 saturated heterocycles. The molecule has 0 radical (unpaired) electrons. The third kappa shape index (κ3) is 4.19. The van der Waals surface area contributed by atoms with Crippen molar-refractivity contribution < 1.29 is 4.42 Å². The topological polar surface area (TPSA) is 42.4 Å². The summed E-state index contributed by atoms with van der Waals surface area (Å²) >= 11 is 3.47. The molecular formula is C17H23BrN2O. The maximum atomic E-state index is 6.06. The second-order valence-corrected chi connectivity index (χ2v) is 6.79. The minimum absolute atomic E-state index is 0.103. The van der Waals surface area contributed by atoms with E-state index in [9.17, 15) is 0 Å². The molecule has 1 atom stereocenters. The Kier molecular flexibility index (Phi) is 5.25. The molecule has 1 unspecified atom stereocenters. The van der Waals surface area contributed by atoms with Crippen LogP contribution < -0.4 is 5.73 Å². The lowest BCUT2D eigenvalue weighted by Crippen LogP contribution is -2.50. The highest BCUT2D eigenvalue weighted by atomic mass is 79.9. The first-order chi connectivity index (χ1) is 9.93. The first-order valence-corrected chi connectivity index (χ1v) is 7.93. The molecule has 0 bridgehead atoms. The Bertz CT molecular complexity index is 579. The summed E-state index contributed by atoms with van der Waals surface area (Å²) in [6, 6.07) is 12.5. The van der Waals surface area contributed by atoms with Gasteiger partial charge < -0.3 is 10.2 Å². The van der Waals surface area contributed by atoms with Crippen molar-refractivity contribution in [2.24, 2.45) is 5.73 Å². The van der Waals surface area contributed by atoms with Crippen LogP contribution in [0.2, 0.25) is 0 Å². The van der Waals surface area contributed by atoms with E-state index in [0.717, 1.165) is 29.0 Å². The fourth-order valence-electron chi connectivity index (χ4n) is 2.40. The van der Waals surface area contributed by atoms with Gasteiger partial charge in [0.2, 0.25) is 0 Å². The Hall–Kier alpha value is -1.10. The number of furan rings is 1. The Morgan fingerprint density at radius 3 is 2.38 bits per heavy atom. The van der Waals surface area contributed by atoms with Gasteiger partial charge in [0.1, 0.15) is 11.5 Å². The van der Waals surface area contributed by atoms with Gasteiger partial charge in [-0.3, -0.25) is 4.90 Å². The fourth-order valence-corrected chi connectivity index (χ4v) is 2.66. The van der Waals surface area contributed by atoms with E-state index < -0.39 is 0 Å². The van der Waals surface area contributed by atoms with E-state index in [0.29, 0.717) is 6.54 Å². The number of rotatable bonds is 6. The Morgan fingerprint density at radius 2 is 1.86 bits per heavy atom. The summed E-state index contributed by atoms with van der Waals surface area (Å²) < 4.78 is 6.77. The predicted molar refractivity (Wildman–Crippen MR) is 90.2 cm³/mol. The van der Waals surface area contributed by atoms with Crippen LogP contribution in [0.25, 0.3) is 0 Å². The van der Waals surface area contributed by atoms with Crippen LogP contribution in [0.4, 0.5) is 0 Å². The Balaban J connectivity index is 2.09. The lowest BCUT2D eigenvalue weighted by molar-refractivity contribution is 0.126. The molecule has 2 N–H and O–H groups in total. The number of likely N-dealkylation sites (N-methyl/N-ethyl adjacent to an activating group) is 1. The van der Waals surface area contributed by atoms with Crippen molar-refractivity contribution in [2.75, 3.05) is 13.6 Å². The van der Waals surface area contributed by atoms with Crippen molar-refractivity contribution in [2.45, 2.75) is 32.4 Å². The van der Waals surface area contributed by atoms with Gasteiger partial charge in [-0.2, -0.15) is 0 Å². The van der Waals surface area contributed by atoms with Crippen LogP contribution in [-0.4, -0.2) is 24.0 Å². The third-order valence-corrected chi connectivity index (χ3v) is 4.58. The average Bonchev–Trinajstić information content (AvgIpc) is 2.86. The molecule has 0 amide bonds. The molecular weight excluding hydrogens is 328 g/mol. The van der Waals surface area contributed by atoms with E-state index in [2.05, 4.69) is 59.1 Å². The number of halogens is 1. The van der Waals surface area contributed by atoms with E-state index in [1.54, 1.807) is 0 Å². The summed E-state index contributed by atoms with van der Waals surface area (Å²) in [6.45, 7) is 5.52. The molecule has 2 aromatic rings. The molecule has 0 spiro atoms. The summed E-state index contributed by atoms with van der Waals surface area (Å²) in [5.74, 6) is 1.92. The molecule has 0 fully saturated rings. The Labute approximate surface area is 135 Å². The summed E-state index contributed by atoms with van der Waals surface area (Å²) in [7, 11) is 2.10. The van der Waals surface area contributed by atoms with Crippen molar-refractivity contribution in [1.82, 2.24) is 4.90 Å². The van der Waals surface area contributed by atoms with E-state index >= 15 is 0 Å². The summed E-state index contributed by atoms with van der Waals surface area (Å²) in [6.07, 6.45) is 0.910. The van der Waals surface area contributed by atoms with E-state index in [1.807, 2.05) is 19.1 Å². The average molecular weight is 351 g/mol. The van der Waals surface area contributed by atoms with Gasteiger partial charge in [-0.25, -0.2) is 0 Å². The highest BCUT2D eigenvalue weighted by Crippen LogP contribution is 2.22. The maximum Gasteiger partial charge on any atom is 0.118 e. The van der Waals surface area contributed by atoms with Crippen LogP contribution in [-0.2, 0) is 13.0 Å². The van der Waals surface area contributed by atoms with Crippen LogP contribution in [0.3, 0.4) is 0 Å². The van der Waals surface area contributed by atoms with Gasteiger partial charge in [-0.15, -0.1) is 0 Å². The molecule has 1 aromatic heterocycles. The van der Waals surface area contributed by atoms with Gasteiger partial charge >= 0.3 is 0 Å². The smallest absolute Gasteiger partial charge is 0.118 e. The number of hydrogen-bond donors (Lipinski definition) is 1. The van der Waals surface area contributed by atoms with Gasteiger partial charge in [0.15, 0.2) is 0 Å². The Morgan fingerprint density at radius 1 is 1.19 bits per heavy atom. The summed E-state index contributed by atoms with van der Waals surface area (Å²) in [4.78, 5) is 2.27. The largest absolute Gasteiger partial charge is 0.465 e. The number of hydrogen-bond acceptors (Lipinski definition) is 3. The minimum atomic E-state index is -0.103. The van der Waals surface area contributed by atoms with Crippen LogP contribution in [0.1, 0.15) is 24.0 Å². The van der Waals surface area contributed by atoms with Crippen molar-refractivity contribution in [3.63, 3.8) is 0 Å². The second-order valence-electron chi connectivity index (χ2n) is 5.87. The highest BCUT2D eigenvalue weighted by molar-refractivity contribution is 9.10. The molecule has 0 aliphatic carbocycles. The second kappa shape index (κ2) is 6.77. The van der Waals surface area contributed by atoms with Crippen molar-refractivity contribution in [3.8, 4) is 0 Å². The minimum Gasteiger partial charge on any atom is -0.465 e. The zero-order chi connectivity index (χ0) is 15.5. The van der Waals surface area contributed by atoms with Crippen molar-refractivity contribution in [3.05, 3.63) is 58.0 Å². The van der Waals surface area contributed by atoms with Gasteiger partial charge in [-0.05, 0) is 57.1 Å². The summed E-state index contributed by atoms with van der Waals surface area (Å²) in [5.41, 5.74) is 7.25. The standard InChI is InChI=1S/C17H23BrN2O/c1-13-4-9-16(21-13)11-20(3)17(2,12-19)10-14-5-7-15(18)8-6-14/h4-9H,10-12,19H2,1-3H3. The molecule has 0 saturated carbocycles. The van der Waals surface area contributed by atoms with Crippen LogP contribution in [0, 0.1) is 6.92 Å². The normalized spacial score (nSPS) is 14.4. The molecule has 0 aliphatic heterocycles. The molecule has 2 rings (SSSR count). The number of nitrogens with two attached hydrogens (primary N) is 1. The SMILES string of the molecule is Cc1ccc(CN(C)C(C)(CN)Cc2ccc(Br)cc2)o1. The number of benzene rings is 1. The molecule has 1 heterocycles. The molecule has 4 heteroatoms. The molecule has 114 valence electrons. The quantitative estimate of drug-likeness (QED) is 0.862. The van der Waals surface area contributed by atoms with Gasteiger partial charge in [0, 0.05) is 16.6 Å². The van der Waals surface area contributed by atoms with Crippen molar-refractivity contribution in [1.29, 1.82) is 0 Å². The summed E-state index contributed by atoms with van der Waals surface area (Å²) in [5, 5.41) is 0. The maximum absolute atomic E-state index is 6.06. The highest BCUT2D eigenvalue weighted by Gasteiger charge is 2.28. The van der Waals surface area contributed by atoms with E-state index in [-0.39, 0.29) is 5.54 Å². The first kappa shape index (κ1) is 16.3. The lowest BCUT2D eigenvalue weighted by atomic mass is 9.91. The van der Waals surface area contributed by atoms with E-state index in [1.165, 1.54) is 5.56 Å². The zero-order valence-electron chi connectivity index (χ0n) is 12.9. The van der Waals surface area contributed by atoms with Gasteiger partial charge in [0.25, 0.3) is 0 Å². The number of nitrogens with zero attached hydrogens (tertiary/aromatic N) is 1. The predicted octanol–water partition coefficient (Wildman–Crippen LogP) is 3.74. The first-order valence-electron chi connectivity index (χ1n) is 7.14. The van der Waals surface area contributed by atoms with Crippen molar-refractivity contribution >= 4 is 15.9 Å². The number of aryl methyl sites for hydroxylation is 1. The fraction of sp³-hybridized carbons (Fsp3) is 0.412. The molecule has 0 aliphatic rings. The van der Waals surface area contributed by atoms with Crippen LogP contribution >= 0.6 is 15.9 Å². The lowest BCUT2D eigenvalue weighted by Gasteiger charge is -2.38. The molecule has 21 heavy (non-hydrogen) atoms. The molecule has 1 aromatic carbocycles. The third-order valence-electron chi connectivity index (χ3n) is 4.05.